The van der Waals surface area contributed by atoms with Crippen molar-refractivity contribution in [2.75, 3.05) is 19.6 Å². The summed E-state index contributed by atoms with van der Waals surface area (Å²) < 4.78 is 0. The quantitative estimate of drug-likeness (QED) is 0.807. The zero-order valence-corrected chi connectivity index (χ0v) is 11.8. The second-order valence-electron chi connectivity index (χ2n) is 4.80. The first kappa shape index (κ1) is 15.2. The summed E-state index contributed by atoms with van der Waals surface area (Å²) in [6.45, 7) is 3.93. The topological polar surface area (TPSA) is 78.9 Å². The Morgan fingerprint density at radius 1 is 1.38 bits per heavy atom. The predicted molar refractivity (Wildman–Crippen MR) is 76.4 cm³/mol. The van der Waals surface area contributed by atoms with Crippen LogP contribution in [0.3, 0.4) is 0 Å². The van der Waals surface area contributed by atoms with Crippen LogP contribution in [0, 0.1) is 6.92 Å². The highest BCUT2D eigenvalue weighted by atomic mass is 16.7. The fourth-order valence-electron chi connectivity index (χ4n) is 2.31. The third kappa shape index (κ3) is 4.14. The maximum absolute atomic E-state index is 11.6. The molecule has 0 aliphatic carbocycles. The monoisotopic (exact) mass is 290 g/mol. The van der Waals surface area contributed by atoms with Gasteiger partial charge in [0, 0.05) is 31.8 Å². The van der Waals surface area contributed by atoms with Gasteiger partial charge in [0.25, 0.3) is 0 Å². The molecule has 1 aliphatic heterocycles. The smallest absolute Gasteiger partial charge is 0.349 e. The fraction of sp³-hybridized carbons (Fsp3) is 0.333. The van der Waals surface area contributed by atoms with Gasteiger partial charge >= 0.3 is 11.9 Å². The summed E-state index contributed by atoms with van der Waals surface area (Å²) in [5, 5.41) is 13.4. The number of nitrogens with one attached hydrogen (secondary N) is 1. The molecule has 0 aromatic heterocycles. The lowest BCUT2D eigenvalue weighted by atomic mass is 10.00. The average molecular weight is 290 g/mol. The first-order valence-electron chi connectivity index (χ1n) is 6.74. The third-order valence-corrected chi connectivity index (χ3v) is 3.31. The molecule has 112 valence electrons. The minimum absolute atomic E-state index is 0.0814. The van der Waals surface area contributed by atoms with Crippen molar-refractivity contribution >= 4 is 11.9 Å². The Morgan fingerprint density at radius 3 is 2.86 bits per heavy atom. The van der Waals surface area contributed by atoms with Crippen LogP contribution in [0.4, 0.5) is 0 Å². The molecular weight excluding hydrogens is 272 g/mol. The number of hydrogen-bond acceptors (Lipinski definition) is 5. The molecule has 0 amide bonds. The molecule has 1 fully saturated rings. The highest BCUT2D eigenvalue weighted by Crippen LogP contribution is 2.25. The van der Waals surface area contributed by atoms with E-state index in [1.807, 2.05) is 31.2 Å². The van der Waals surface area contributed by atoms with Gasteiger partial charge in [0.15, 0.2) is 0 Å². The number of carbonyl (C=O) groups excluding carboxylic acids is 1. The van der Waals surface area contributed by atoms with Crippen molar-refractivity contribution in [1.29, 1.82) is 0 Å². The fourth-order valence-corrected chi connectivity index (χ4v) is 2.31. The second kappa shape index (κ2) is 7.01. The van der Waals surface area contributed by atoms with Crippen LogP contribution in [0.15, 0.2) is 36.4 Å². The Hall–Kier alpha value is -2.18. The molecule has 1 aromatic rings. The molecule has 2 N–H and O–H groups in total. The van der Waals surface area contributed by atoms with Gasteiger partial charge in [-0.2, -0.15) is 0 Å². The first-order valence-corrected chi connectivity index (χ1v) is 6.74. The predicted octanol–water partition coefficient (Wildman–Crippen LogP) is 1.04. The molecule has 1 aliphatic rings. The molecule has 0 spiro atoms. The van der Waals surface area contributed by atoms with E-state index in [2.05, 4.69) is 5.32 Å². The number of aryl methyl sites for hydroxylation is 1. The van der Waals surface area contributed by atoms with Crippen LogP contribution in [-0.4, -0.2) is 41.7 Å². The van der Waals surface area contributed by atoms with E-state index in [1.54, 1.807) is 5.06 Å². The number of hydrogen-bond donors (Lipinski definition) is 2. The number of carbonyl (C=O) groups is 2. The van der Waals surface area contributed by atoms with E-state index >= 15 is 0 Å². The minimum atomic E-state index is -1.18. The molecule has 6 heteroatoms. The Morgan fingerprint density at radius 2 is 2.14 bits per heavy atom. The van der Waals surface area contributed by atoms with Gasteiger partial charge in [0.2, 0.25) is 0 Å². The van der Waals surface area contributed by atoms with Crippen LogP contribution in [0.2, 0.25) is 0 Å². The number of rotatable bonds is 4. The molecule has 0 radical (unpaired) electrons. The van der Waals surface area contributed by atoms with Gasteiger partial charge in [-0.1, -0.05) is 24.3 Å². The number of piperazine rings is 1. The van der Waals surface area contributed by atoms with Crippen LogP contribution in [-0.2, 0) is 14.4 Å². The number of aliphatic carboxylic acids is 1. The Bertz CT molecular complexity index is 556. The van der Waals surface area contributed by atoms with Crippen LogP contribution >= 0.6 is 0 Å². The van der Waals surface area contributed by atoms with Crippen molar-refractivity contribution in [3.8, 4) is 0 Å². The van der Waals surface area contributed by atoms with Crippen LogP contribution in [0.25, 0.3) is 0 Å². The molecule has 0 saturated carbocycles. The van der Waals surface area contributed by atoms with Gasteiger partial charge < -0.3 is 15.3 Å². The average Bonchev–Trinajstić information content (AvgIpc) is 2.46. The van der Waals surface area contributed by atoms with Gasteiger partial charge in [0.05, 0.1) is 6.04 Å². The zero-order chi connectivity index (χ0) is 15.2. The largest absolute Gasteiger partial charge is 0.478 e. The molecule has 1 unspecified atom stereocenters. The SMILES string of the molecule is Cc1ccccc1C1CNCCN1OC(=O)/C=C/C(=O)O. The molecule has 2 rings (SSSR count). The second-order valence-corrected chi connectivity index (χ2v) is 4.80. The van der Waals surface area contributed by atoms with E-state index in [0.29, 0.717) is 19.6 Å². The number of carboxylic acids is 1. The number of carboxylic acid groups (broad SMARTS) is 1. The van der Waals surface area contributed by atoms with E-state index in [1.165, 1.54) is 0 Å². The van der Waals surface area contributed by atoms with Crippen molar-refractivity contribution < 1.29 is 19.5 Å². The van der Waals surface area contributed by atoms with E-state index < -0.39 is 11.9 Å². The van der Waals surface area contributed by atoms with Gasteiger partial charge in [-0.05, 0) is 18.1 Å². The Kier molecular flexibility index (Phi) is 5.08. The van der Waals surface area contributed by atoms with E-state index in [0.717, 1.165) is 23.3 Å². The highest BCUT2D eigenvalue weighted by molar-refractivity contribution is 5.90. The molecule has 6 nitrogen and oxygen atoms in total. The number of nitrogens with zero attached hydrogens (tertiary/aromatic N) is 1. The lowest BCUT2D eigenvalue weighted by molar-refractivity contribution is -0.201. The van der Waals surface area contributed by atoms with Crippen LogP contribution in [0.1, 0.15) is 17.2 Å². The molecule has 1 heterocycles. The maximum atomic E-state index is 11.6. The third-order valence-electron chi connectivity index (χ3n) is 3.31. The molecule has 1 saturated heterocycles. The zero-order valence-electron chi connectivity index (χ0n) is 11.8. The summed E-state index contributed by atoms with van der Waals surface area (Å²) in [6, 6.07) is 7.83. The molecule has 1 aromatic carbocycles. The van der Waals surface area contributed by atoms with Gasteiger partial charge in [-0.25, -0.2) is 9.59 Å². The van der Waals surface area contributed by atoms with E-state index in [4.69, 9.17) is 9.94 Å². The summed E-state index contributed by atoms with van der Waals surface area (Å²) in [5.74, 6) is -1.86. The van der Waals surface area contributed by atoms with Gasteiger partial charge in [0.1, 0.15) is 0 Å². The standard InChI is InChI=1S/C15H18N2O4/c1-11-4-2-3-5-12(11)13-10-16-8-9-17(13)21-15(20)7-6-14(18)19/h2-7,13,16H,8-10H2,1H3,(H,18,19)/b7-6+. The van der Waals surface area contributed by atoms with Crippen LogP contribution < -0.4 is 5.32 Å². The summed E-state index contributed by atoms with van der Waals surface area (Å²) in [5.41, 5.74) is 2.20. The molecule has 21 heavy (non-hydrogen) atoms. The maximum Gasteiger partial charge on any atom is 0.349 e. The molecule has 0 bridgehead atoms. The Balaban J connectivity index is 2.11. The summed E-state index contributed by atoms with van der Waals surface area (Å²) >= 11 is 0. The van der Waals surface area contributed by atoms with E-state index in [-0.39, 0.29) is 6.04 Å². The van der Waals surface area contributed by atoms with Crippen molar-refractivity contribution in [1.82, 2.24) is 10.4 Å². The summed E-state index contributed by atoms with van der Waals surface area (Å²) in [6.07, 6.45) is 1.69. The number of benzene rings is 1. The van der Waals surface area contributed by atoms with Crippen molar-refractivity contribution in [3.05, 3.63) is 47.5 Å². The summed E-state index contributed by atoms with van der Waals surface area (Å²) in [7, 11) is 0. The number of hydroxylamine groups is 2. The van der Waals surface area contributed by atoms with Gasteiger partial charge in [-0.3, -0.25) is 0 Å². The normalized spacial score (nSPS) is 19.6. The van der Waals surface area contributed by atoms with Crippen LogP contribution in [0.5, 0.6) is 0 Å². The lowest BCUT2D eigenvalue weighted by Crippen LogP contribution is -2.46. The highest BCUT2D eigenvalue weighted by Gasteiger charge is 2.27. The van der Waals surface area contributed by atoms with Crippen molar-refractivity contribution in [2.45, 2.75) is 13.0 Å². The van der Waals surface area contributed by atoms with Gasteiger partial charge in [-0.15, -0.1) is 5.06 Å². The first-order chi connectivity index (χ1) is 10.1. The van der Waals surface area contributed by atoms with Crippen molar-refractivity contribution in [2.24, 2.45) is 0 Å². The van der Waals surface area contributed by atoms with Crippen molar-refractivity contribution in [3.63, 3.8) is 0 Å². The molecule has 1 atom stereocenters. The molecular formula is C15H18N2O4. The Labute approximate surface area is 123 Å². The van der Waals surface area contributed by atoms with E-state index in [9.17, 15) is 9.59 Å². The minimum Gasteiger partial charge on any atom is -0.478 e. The lowest BCUT2D eigenvalue weighted by Gasteiger charge is -2.34. The summed E-state index contributed by atoms with van der Waals surface area (Å²) in [4.78, 5) is 27.3.